The highest BCUT2D eigenvalue weighted by molar-refractivity contribution is 5.93. The van der Waals surface area contributed by atoms with E-state index in [0.717, 1.165) is 5.56 Å². The lowest BCUT2D eigenvalue weighted by atomic mass is 9.98. The van der Waals surface area contributed by atoms with E-state index in [0.29, 0.717) is 28.1 Å². The van der Waals surface area contributed by atoms with Gasteiger partial charge in [0, 0.05) is 5.56 Å². The van der Waals surface area contributed by atoms with Gasteiger partial charge in [0.1, 0.15) is 23.0 Å². The summed E-state index contributed by atoms with van der Waals surface area (Å²) in [5.74, 6) is -1.57. The molecule has 3 rings (SSSR count). The number of ether oxygens (including phenoxy) is 1. The zero-order chi connectivity index (χ0) is 22.5. The quantitative estimate of drug-likeness (QED) is 0.587. The van der Waals surface area contributed by atoms with Crippen LogP contribution < -0.4 is 10.1 Å². The van der Waals surface area contributed by atoms with Gasteiger partial charge in [-0.25, -0.2) is 9.37 Å². The Morgan fingerprint density at radius 3 is 2.48 bits per heavy atom. The van der Waals surface area contributed by atoms with Crippen molar-refractivity contribution in [1.82, 2.24) is 10.3 Å². The number of pyridine rings is 1. The molecule has 0 bridgehead atoms. The molecule has 1 unspecified atom stereocenters. The highest BCUT2D eigenvalue weighted by Crippen LogP contribution is 2.30. The highest BCUT2D eigenvalue weighted by atomic mass is 19.1. The second-order valence-corrected chi connectivity index (χ2v) is 7.19. The van der Waals surface area contributed by atoms with Crippen LogP contribution in [0.4, 0.5) is 4.39 Å². The molecule has 0 aliphatic carbocycles. The summed E-state index contributed by atoms with van der Waals surface area (Å²) in [4.78, 5) is 28.7. The van der Waals surface area contributed by atoms with E-state index in [1.54, 1.807) is 37.3 Å². The molecule has 2 aromatic carbocycles. The summed E-state index contributed by atoms with van der Waals surface area (Å²) in [7, 11) is 1.46. The van der Waals surface area contributed by atoms with Crippen molar-refractivity contribution in [3.8, 4) is 17.0 Å². The number of carbonyl (C=O) groups excluding carboxylic acids is 1. The van der Waals surface area contributed by atoms with Crippen LogP contribution in [0.25, 0.3) is 11.3 Å². The Balaban J connectivity index is 1.95. The van der Waals surface area contributed by atoms with Gasteiger partial charge < -0.3 is 15.2 Å². The van der Waals surface area contributed by atoms with Crippen molar-refractivity contribution in [2.24, 2.45) is 0 Å². The van der Waals surface area contributed by atoms with Crippen LogP contribution in [0.2, 0.25) is 0 Å². The summed E-state index contributed by atoms with van der Waals surface area (Å²) < 4.78 is 19.4. The van der Waals surface area contributed by atoms with Gasteiger partial charge >= 0.3 is 5.97 Å². The molecule has 0 saturated heterocycles. The van der Waals surface area contributed by atoms with Gasteiger partial charge in [0.05, 0.1) is 19.6 Å². The van der Waals surface area contributed by atoms with Gasteiger partial charge in [-0.3, -0.25) is 9.59 Å². The number of benzene rings is 2. The van der Waals surface area contributed by atoms with Crippen LogP contribution in [0.5, 0.6) is 5.75 Å². The minimum absolute atomic E-state index is 0.0701. The van der Waals surface area contributed by atoms with E-state index in [1.807, 2.05) is 19.1 Å². The third kappa shape index (κ3) is 5.06. The summed E-state index contributed by atoms with van der Waals surface area (Å²) >= 11 is 0. The van der Waals surface area contributed by atoms with Gasteiger partial charge in [-0.2, -0.15) is 0 Å². The number of aryl methyl sites for hydroxylation is 2. The number of nitrogens with one attached hydrogen (secondary N) is 1. The number of rotatable bonds is 7. The number of carboxylic acid groups (broad SMARTS) is 1. The number of halogens is 1. The number of hydrogen-bond acceptors (Lipinski definition) is 4. The van der Waals surface area contributed by atoms with E-state index in [9.17, 15) is 19.1 Å². The van der Waals surface area contributed by atoms with Crippen molar-refractivity contribution in [2.75, 3.05) is 7.11 Å². The Morgan fingerprint density at radius 1 is 1.10 bits per heavy atom. The molecule has 1 atom stereocenters. The molecule has 0 aliphatic rings. The number of nitrogens with zero attached hydrogens (tertiary/aromatic N) is 1. The molecule has 0 fully saturated rings. The third-order valence-electron chi connectivity index (χ3n) is 5.00. The summed E-state index contributed by atoms with van der Waals surface area (Å²) in [5.41, 5.74) is 2.93. The van der Waals surface area contributed by atoms with Crippen LogP contribution in [0.3, 0.4) is 0 Å². The first kappa shape index (κ1) is 22.0. The maximum atomic E-state index is 14.1. The first-order chi connectivity index (χ1) is 14.8. The number of methoxy groups -OCH3 is 1. The van der Waals surface area contributed by atoms with Crippen LogP contribution in [0.1, 0.15) is 39.6 Å². The van der Waals surface area contributed by atoms with Crippen molar-refractivity contribution in [3.63, 3.8) is 0 Å². The minimum atomic E-state index is -1.04. The molecule has 1 amide bonds. The average molecular weight is 422 g/mol. The second-order valence-electron chi connectivity index (χ2n) is 7.19. The minimum Gasteiger partial charge on any atom is -0.494 e. The lowest BCUT2D eigenvalue weighted by molar-refractivity contribution is -0.137. The molecule has 0 aliphatic heterocycles. The zero-order valence-electron chi connectivity index (χ0n) is 17.5. The van der Waals surface area contributed by atoms with Gasteiger partial charge in [-0.15, -0.1) is 0 Å². The molecule has 0 saturated carbocycles. The number of aromatic nitrogens is 1. The molecular weight excluding hydrogens is 399 g/mol. The molecular formula is C24H23FN2O4. The molecule has 3 aromatic rings. The number of aliphatic carboxylic acids is 1. The van der Waals surface area contributed by atoms with Crippen LogP contribution in [0, 0.1) is 19.7 Å². The second kappa shape index (κ2) is 9.38. The average Bonchev–Trinajstić information content (AvgIpc) is 2.74. The smallest absolute Gasteiger partial charge is 0.305 e. The van der Waals surface area contributed by atoms with Crippen LogP contribution in [-0.2, 0) is 4.79 Å². The molecule has 1 aromatic heterocycles. The van der Waals surface area contributed by atoms with E-state index in [2.05, 4.69) is 10.3 Å². The summed E-state index contributed by atoms with van der Waals surface area (Å²) in [5, 5.41) is 12.1. The number of carbonyl (C=O) groups is 2. The van der Waals surface area contributed by atoms with Crippen molar-refractivity contribution in [2.45, 2.75) is 26.3 Å². The van der Waals surface area contributed by atoms with Crippen molar-refractivity contribution in [1.29, 1.82) is 0 Å². The van der Waals surface area contributed by atoms with E-state index in [-0.39, 0.29) is 12.1 Å². The Hall–Kier alpha value is -3.74. The maximum absolute atomic E-state index is 14.1. The largest absolute Gasteiger partial charge is 0.494 e. The van der Waals surface area contributed by atoms with Gasteiger partial charge in [-0.05, 0) is 48.7 Å². The SMILES string of the molecule is COc1ccc(C(=O)NC(CC(=O)O)c2ccccc2C)nc1-c1ccc(C)c(F)c1. The molecule has 31 heavy (non-hydrogen) atoms. The molecule has 160 valence electrons. The normalized spacial score (nSPS) is 11.6. The van der Waals surface area contributed by atoms with E-state index < -0.39 is 23.7 Å². The molecule has 1 heterocycles. The molecule has 6 nitrogen and oxygen atoms in total. The molecule has 0 radical (unpaired) electrons. The molecule has 0 spiro atoms. The fourth-order valence-electron chi connectivity index (χ4n) is 3.31. The predicted octanol–water partition coefficient (Wildman–Crippen LogP) is 4.46. The molecule has 2 N–H and O–H groups in total. The summed E-state index contributed by atoms with van der Waals surface area (Å²) in [6, 6.07) is 14.3. The fourth-order valence-corrected chi connectivity index (χ4v) is 3.31. The number of hydrogen-bond donors (Lipinski definition) is 2. The first-order valence-corrected chi connectivity index (χ1v) is 9.70. The highest BCUT2D eigenvalue weighted by Gasteiger charge is 2.22. The zero-order valence-corrected chi connectivity index (χ0v) is 17.5. The van der Waals surface area contributed by atoms with E-state index in [1.165, 1.54) is 19.2 Å². The predicted molar refractivity (Wildman–Crippen MR) is 115 cm³/mol. The van der Waals surface area contributed by atoms with Crippen molar-refractivity contribution in [3.05, 3.63) is 82.8 Å². The Kier molecular flexibility index (Phi) is 6.65. The fraction of sp³-hybridized carbons (Fsp3) is 0.208. The number of amides is 1. The first-order valence-electron chi connectivity index (χ1n) is 9.70. The van der Waals surface area contributed by atoms with Crippen LogP contribution in [-0.4, -0.2) is 29.1 Å². The Morgan fingerprint density at radius 2 is 1.84 bits per heavy atom. The van der Waals surface area contributed by atoms with Crippen LogP contribution in [0.15, 0.2) is 54.6 Å². The standard InChI is InChI=1S/C24H23FN2O4/c1-14-6-4-5-7-17(14)20(13-22(28)29)27-24(30)19-10-11-21(31-3)23(26-19)16-9-8-15(2)18(25)12-16/h4-12,20H,13H2,1-3H3,(H,27,30)(H,28,29). The van der Waals surface area contributed by atoms with Crippen molar-refractivity contribution < 1.29 is 23.8 Å². The van der Waals surface area contributed by atoms with Gasteiger partial charge in [-0.1, -0.05) is 36.4 Å². The Bertz CT molecular complexity index is 1130. The maximum Gasteiger partial charge on any atom is 0.305 e. The van der Waals surface area contributed by atoms with E-state index in [4.69, 9.17) is 4.74 Å². The van der Waals surface area contributed by atoms with Crippen LogP contribution >= 0.6 is 0 Å². The lowest BCUT2D eigenvalue weighted by Gasteiger charge is -2.19. The topological polar surface area (TPSA) is 88.5 Å². The van der Waals surface area contributed by atoms with E-state index >= 15 is 0 Å². The van der Waals surface area contributed by atoms with Gasteiger partial charge in [0.2, 0.25) is 0 Å². The molecule has 7 heteroatoms. The van der Waals surface area contributed by atoms with Gasteiger partial charge in [0.25, 0.3) is 5.91 Å². The number of carboxylic acids is 1. The monoisotopic (exact) mass is 422 g/mol. The summed E-state index contributed by atoms with van der Waals surface area (Å²) in [6.45, 7) is 3.51. The summed E-state index contributed by atoms with van der Waals surface area (Å²) in [6.07, 6.45) is -0.275. The third-order valence-corrected chi connectivity index (χ3v) is 5.00. The van der Waals surface area contributed by atoms with Crippen molar-refractivity contribution >= 4 is 11.9 Å². The Labute approximate surface area is 179 Å². The lowest BCUT2D eigenvalue weighted by Crippen LogP contribution is -2.31. The van der Waals surface area contributed by atoms with Gasteiger partial charge in [0.15, 0.2) is 0 Å².